The van der Waals surface area contributed by atoms with Crippen molar-refractivity contribution in [3.8, 4) is 0 Å². The molecule has 0 amide bonds. The van der Waals surface area contributed by atoms with E-state index in [9.17, 15) is 10.2 Å². The second-order valence-corrected chi connectivity index (χ2v) is 3.26. The average Bonchev–Trinajstić information content (AvgIpc) is 2.35. The van der Waals surface area contributed by atoms with Crippen LogP contribution >= 0.6 is 0 Å². The molecule has 1 aromatic rings. The molecule has 0 aromatic carbocycles. The van der Waals surface area contributed by atoms with E-state index in [-0.39, 0.29) is 6.54 Å². The molecule has 1 rings (SSSR count). The molecule has 7 heteroatoms. The van der Waals surface area contributed by atoms with Gasteiger partial charge in [0, 0.05) is 18.9 Å². The largest absolute Gasteiger partial charge is 0.394 e. The molecular formula is C9H15N3O4. The Balaban J connectivity index is 2.38. The van der Waals surface area contributed by atoms with Crippen molar-refractivity contribution < 1.29 is 20.4 Å². The van der Waals surface area contributed by atoms with Crippen LogP contribution in [0.25, 0.3) is 0 Å². The van der Waals surface area contributed by atoms with E-state index in [4.69, 9.17) is 10.2 Å². The molecule has 1 aromatic heterocycles. The molecular weight excluding hydrogens is 214 g/mol. The maximum Gasteiger partial charge on any atom is 0.222 e. The number of aromatic nitrogens is 2. The van der Waals surface area contributed by atoms with Gasteiger partial charge in [0.25, 0.3) is 0 Å². The Labute approximate surface area is 92.4 Å². The molecule has 0 aliphatic carbocycles. The molecule has 0 bridgehead atoms. The summed E-state index contributed by atoms with van der Waals surface area (Å²) < 4.78 is 0. The zero-order valence-corrected chi connectivity index (χ0v) is 8.56. The summed E-state index contributed by atoms with van der Waals surface area (Å²) >= 11 is 0. The van der Waals surface area contributed by atoms with Gasteiger partial charge in [-0.1, -0.05) is 0 Å². The van der Waals surface area contributed by atoms with Gasteiger partial charge in [-0.2, -0.15) is 0 Å². The molecule has 0 radical (unpaired) electrons. The Hall–Kier alpha value is -1.28. The maximum absolute atomic E-state index is 9.44. The van der Waals surface area contributed by atoms with Crippen LogP contribution in [0.15, 0.2) is 18.5 Å². The van der Waals surface area contributed by atoms with Gasteiger partial charge in [-0.05, 0) is 6.07 Å². The molecule has 90 valence electrons. The minimum absolute atomic E-state index is 0.0256. The first-order chi connectivity index (χ1) is 7.65. The first-order valence-corrected chi connectivity index (χ1v) is 4.81. The first kappa shape index (κ1) is 12.8. The van der Waals surface area contributed by atoms with Crippen molar-refractivity contribution in [3.63, 3.8) is 0 Å². The van der Waals surface area contributed by atoms with Crippen molar-refractivity contribution in [1.82, 2.24) is 9.97 Å². The number of nitrogens with zero attached hydrogens (tertiary/aromatic N) is 2. The minimum Gasteiger partial charge on any atom is -0.394 e. The lowest BCUT2D eigenvalue weighted by Gasteiger charge is -2.21. The molecule has 0 aliphatic heterocycles. The lowest BCUT2D eigenvalue weighted by molar-refractivity contribution is -0.0715. The summed E-state index contributed by atoms with van der Waals surface area (Å²) in [5.41, 5.74) is 0. The van der Waals surface area contributed by atoms with Crippen LogP contribution in [0.4, 0.5) is 5.95 Å². The molecule has 1 heterocycles. The number of nitrogens with one attached hydrogen (secondary N) is 1. The average molecular weight is 229 g/mol. The highest BCUT2D eigenvalue weighted by molar-refractivity contribution is 5.22. The Morgan fingerprint density at radius 2 is 1.75 bits per heavy atom. The predicted octanol–water partition coefficient (Wildman–Crippen LogP) is -2.04. The standard InChI is InChI=1S/C9H15N3O4/c13-5-7(15)8(16)6(14)4-12-9-10-2-1-3-11-9/h1-3,6-8,13-16H,4-5H2,(H,10,11,12)/t6-,7+,8-/m0/s1. The molecule has 0 aliphatic rings. The number of rotatable bonds is 6. The lowest BCUT2D eigenvalue weighted by Crippen LogP contribution is -2.43. The Morgan fingerprint density at radius 3 is 2.31 bits per heavy atom. The summed E-state index contributed by atoms with van der Waals surface area (Å²) in [4.78, 5) is 7.70. The van der Waals surface area contributed by atoms with Gasteiger partial charge in [-0.3, -0.25) is 0 Å². The molecule has 3 atom stereocenters. The van der Waals surface area contributed by atoms with Gasteiger partial charge < -0.3 is 25.7 Å². The highest BCUT2D eigenvalue weighted by Crippen LogP contribution is 2.01. The van der Waals surface area contributed by atoms with Crippen LogP contribution in [0.3, 0.4) is 0 Å². The van der Waals surface area contributed by atoms with Gasteiger partial charge >= 0.3 is 0 Å². The van der Waals surface area contributed by atoms with Crippen LogP contribution in [0.1, 0.15) is 0 Å². The van der Waals surface area contributed by atoms with E-state index in [0.29, 0.717) is 5.95 Å². The SMILES string of the molecule is OC[C@@H](O)[C@@H](O)[C@@H](O)CNc1ncccn1. The van der Waals surface area contributed by atoms with Gasteiger partial charge in [-0.25, -0.2) is 9.97 Å². The van der Waals surface area contributed by atoms with E-state index in [1.807, 2.05) is 0 Å². The topological polar surface area (TPSA) is 119 Å². The maximum atomic E-state index is 9.44. The first-order valence-electron chi connectivity index (χ1n) is 4.81. The van der Waals surface area contributed by atoms with Crippen molar-refractivity contribution in [2.45, 2.75) is 18.3 Å². The second-order valence-electron chi connectivity index (χ2n) is 3.26. The number of hydrogen-bond acceptors (Lipinski definition) is 7. The fourth-order valence-corrected chi connectivity index (χ4v) is 1.07. The van der Waals surface area contributed by atoms with Crippen molar-refractivity contribution in [2.24, 2.45) is 0 Å². The van der Waals surface area contributed by atoms with Crippen LogP contribution < -0.4 is 5.32 Å². The van der Waals surface area contributed by atoms with E-state index in [2.05, 4.69) is 15.3 Å². The highest BCUT2D eigenvalue weighted by Gasteiger charge is 2.23. The monoisotopic (exact) mass is 229 g/mol. The molecule has 5 N–H and O–H groups in total. The third kappa shape index (κ3) is 3.70. The van der Waals surface area contributed by atoms with Crippen LogP contribution in [0.2, 0.25) is 0 Å². The fourth-order valence-electron chi connectivity index (χ4n) is 1.07. The molecule has 0 fully saturated rings. The van der Waals surface area contributed by atoms with Gasteiger partial charge in [0.2, 0.25) is 5.95 Å². The smallest absolute Gasteiger partial charge is 0.222 e. The van der Waals surface area contributed by atoms with Gasteiger partial charge in [0.1, 0.15) is 12.2 Å². The summed E-state index contributed by atoms with van der Waals surface area (Å²) in [6.45, 7) is -0.637. The van der Waals surface area contributed by atoms with E-state index >= 15 is 0 Å². The van der Waals surface area contributed by atoms with Crippen LogP contribution in [-0.4, -0.2) is 61.9 Å². The summed E-state index contributed by atoms with van der Waals surface area (Å²) in [6.07, 6.45) is -0.942. The van der Waals surface area contributed by atoms with Gasteiger partial charge in [0.15, 0.2) is 0 Å². The van der Waals surface area contributed by atoms with Crippen LogP contribution in [-0.2, 0) is 0 Å². The third-order valence-corrected chi connectivity index (χ3v) is 2.01. The highest BCUT2D eigenvalue weighted by atomic mass is 16.4. The van der Waals surface area contributed by atoms with Crippen LogP contribution in [0, 0.1) is 0 Å². The summed E-state index contributed by atoms with van der Waals surface area (Å²) in [7, 11) is 0. The van der Waals surface area contributed by atoms with Crippen molar-refractivity contribution in [1.29, 1.82) is 0 Å². The minimum atomic E-state index is -1.42. The quantitative estimate of drug-likeness (QED) is 0.381. The molecule has 7 nitrogen and oxygen atoms in total. The van der Waals surface area contributed by atoms with E-state index in [1.165, 1.54) is 12.4 Å². The summed E-state index contributed by atoms with van der Waals surface area (Å²) in [5, 5.41) is 39.1. The normalized spacial score (nSPS) is 16.5. The second kappa shape index (κ2) is 6.33. The molecule has 0 saturated heterocycles. The third-order valence-electron chi connectivity index (χ3n) is 2.01. The Morgan fingerprint density at radius 1 is 1.12 bits per heavy atom. The number of hydrogen-bond donors (Lipinski definition) is 5. The Bertz CT molecular complexity index is 298. The van der Waals surface area contributed by atoms with Crippen molar-refractivity contribution in [3.05, 3.63) is 18.5 Å². The van der Waals surface area contributed by atoms with Gasteiger partial charge in [0.05, 0.1) is 12.7 Å². The van der Waals surface area contributed by atoms with E-state index in [0.717, 1.165) is 0 Å². The molecule has 0 saturated carbocycles. The zero-order chi connectivity index (χ0) is 12.0. The zero-order valence-electron chi connectivity index (χ0n) is 8.56. The number of aliphatic hydroxyl groups is 4. The lowest BCUT2D eigenvalue weighted by atomic mass is 10.1. The fraction of sp³-hybridized carbons (Fsp3) is 0.556. The van der Waals surface area contributed by atoms with E-state index < -0.39 is 24.9 Å². The number of aliphatic hydroxyl groups excluding tert-OH is 4. The van der Waals surface area contributed by atoms with Gasteiger partial charge in [-0.15, -0.1) is 0 Å². The molecule has 0 spiro atoms. The summed E-state index contributed by atoms with van der Waals surface area (Å²) in [6, 6.07) is 1.64. The Kier molecular flexibility index (Phi) is 5.06. The molecule has 0 unspecified atom stereocenters. The van der Waals surface area contributed by atoms with Crippen molar-refractivity contribution >= 4 is 5.95 Å². The van der Waals surface area contributed by atoms with Crippen molar-refractivity contribution in [2.75, 3.05) is 18.5 Å². The molecule has 16 heavy (non-hydrogen) atoms. The van der Waals surface area contributed by atoms with Crippen LogP contribution in [0.5, 0.6) is 0 Å². The summed E-state index contributed by atoms with van der Waals surface area (Å²) in [5.74, 6) is 0.312. The van der Waals surface area contributed by atoms with E-state index in [1.54, 1.807) is 6.07 Å². The number of anilines is 1. The predicted molar refractivity (Wildman–Crippen MR) is 55.6 cm³/mol.